The van der Waals surface area contributed by atoms with Crippen LogP contribution in [0.4, 0.5) is 32.0 Å². The number of carbonyl (C=O) groups excluding carboxylic acids is 2. The van der Waals surface area contributed by atoms with Gasteiger partial charge in [0.05, 0.1) is 20.8 Å². The van der Waals surface area contributed by atoms with Crippen LogP contribution in [-0.2, 0) is 25.6 Å². The third-order valence-corrected chi connectivity index (χ3v) is 9.76. The second-order valence-corrected chi connectivity index (χ2v) is 12.7. The number of rotatable bonds is 6. The first-order valence-corrected chi connectivity index (χ1v) is 13.9. The molecule has 15 heteroatoms. The van der Waals surface area contributed by atoms with E-state index in [0.29, 0.717) is 27.6 Å². The predicted molar refractivity (Wildman–Crippen MR) is 135 cm³/mol. The standard InChI is InChI=1S/C27H24F6N3O5S/c1-25(2,42(39,40)22-5-3-4-20(12-22)26(28,29)30)19-10-11-36(23(37)13-19)21-8-6-17(7-9-21)18-14-34-16-35(15-18)41-24(38)27(31,32)33/h3-9,12,14-16,19H,10-11,13H2,1-2H3/q+1. The SMILES string of the molecule is CC(C)(C1CCN(c2ccc(-c3cnc[n+](OC(=O)C(F)(F)F)c3)cc2)C(=O)C1)S(=O)(=O)c1cccc(C(F)(F)F)c1. The van der Waals surface area contributed by atoms with E-state index < -0.39 is 49.3 Å². The lowest BCUT2D eigenvalue weighted by Crippen LogP contribution is -2.50. The molecule has 0 saturated carbocycles. The molecule has 3 aromatic rings. The van der Waals surface area contributed by atoms with E-state index in [1.807, 2.05) is 0 Å². The van der Waals surface area contributed by atoms with Gasteiger partial charge in [0.1, 0.15) is 6.20 Å². The smallest absolute Gasteiger partial charge is 0.312 e. The van der Waals surface area contributed by atoms with Crippen molar-refractivity contribution < 1.29 is 53.9 Å². The third kappa shape index (κ3) is 6.25. The van der Waals surface area contributed by atoms with Crippen molar-refractivity contribution in [2.75, 3.05) is 11.4 Å². The van der Waals surface area contributed by atoms with Gasteiger partial charge in [0.15, 0.2) is 16.0 Å². The molecule has 0 radical (unpaired) electrons. The van der Waals surface area contributed by atoms with Crippen LogP contribution < -0.4 is 14.5 Å². The second kappa shape index (κ2) is 11.0. The van der Waals surface area contributed by atoms with Crippen LogP contribution in [0, 0.1) is 5.92 Å². The van der Waals surface area contributed by atoms with Crippen LogP contribution in [0.25, 0.3) is 11.1 Å². The van der Waals surface area contributed by atoms with Crippen molar-refractivity contribution in [1.29, 1.82) is 0 Å². The number of alkyl halides is 6. The summed E-state index contributed by atoms with van der Waals surface area (Å²) in [6, 6.07) is 9.83. The summed E-state index contributed by atoms with van der Waals surface area (Å²) in [5, 5.41) is 0. The first kappa shape index (κ1) is 30.9. The highest BCUT2D eigenvalue weighted by molar-refractivity contribution is 7.92. The number of hydrogen-bond acceptors (Lipinski definition) is 6. The number of aromatic nitrogens is 2. The number of benzene rings is 2. The number of sulfone groups is 1. The summed E-state index contributed by atoms with van der Waals surface area (Å²) in [4.78, 5) is 33.2. The van der Waals surface area contributed by atoms with Gasteiger partial charge in [-0.05, 0) is 66.8 Å². The molecule has 2 aromatic carbocycles. The van der Waals surface area contributed by atoms with Crippen LogP contribution in [0.3, 0.4) is 0 Å². The molecule has 224 valence electrons. The summed E-state index contributed by atoms with van der Waals surface area (Å²) in [7, 11) is -4.25. The Labute approximate surface area is 236 Å². The van der Waals surface area contributed by atoms with Crippen molar-refractivity contribution in [1.82, 2.24) is 4.98 Å². The van der Waals surface area contributed by atoms with Crippen LogP contribution in [0.5, 0.6) is 0 Å². The fourth-order valence-electron chi connectivity index (χ4n) is 4.63. The van der Waals surface area contributed by atoms with Crippen molar-refractivity contribution >= 4 is 27.4 Å². The minimum absolute atomic E-state index is 0.144. The third-order valence-electron chi connectivity index (χ3n) is 7.16. The molecule has 42 heavy (non-hydrogen) atoms. The van der Waals surface area contributed by atoms with Gasteiger partial charge in [-0.15, -0.1) is 0 Å². The molecule has 1 fully saturated rings. The van der Waals surface area contributed by atoms with E-state index in [9.17, 15) is 44.3 Å². The van der Waals surface area contributed by atoms with Crippen LogP contribution in [0.2, 0.25) is 0 Å². The summed E-state index contributed by atoms with van der Waals surface area (Å²) in [6.07, 6.45) is -6.50. The van der Waals surface area contributed by atoms with Crippen molar-refractivity contribution in [3.05, 3.63) is 72.8 Å². The fraction of sp³-hybridized carbons (Fsp3) is 0.333. The maximum Gasteiger partial charge on any atom is 0.495 e. The number of nitrogens with zero attached hydrogens (tertiary/aromatic N) is 3. The van der Waals surface area contributed by atoms with Crippen LogP contribution in [0.15, 0.2) is 72.1 Å². The van der Waals surface area contributed by atoms with Crippen molar-refractivity contribution in [3.8, 4) is 11.1 Å². The number of halogens is 6. The molecule has 1 aromatic heterocycles. The molecule has 1 atom stereocenters. The molecule has 1 amide bonds. The number of piperidine rings is 1. The molecule has 4 rings (SSSR count). The zero-order valence-electron chi connectivity index (χ0n) is 22.1. The minimum atomic E-state index is -5.19. The molecule has 1 aliphatic rings. The molecule has 0 aliphatic carbocycles. The molecule has 8 nitrogen and oxygen atoms in total. The molecule has 1 unspecified atom stereocenters. The van der Waals surface area contributed by atoms with Gasteiger partial charge in [0, 0.05) is 18.7 Å². The molecule has 0 N–H and O–H groups in total. The number of carbonyl (C=O) groups is 2. The molecule has 0 bridgehead atoms. The van der Waals surface area contributed by atoms with E-state index in [0.717, 1.165) is 30.7 Å². The van der Waals surface area contributed by atoms with Crippen molar-refractivity contribution in [2.45, 2.75) is 48.7 Å². The van der Waals surface area contributed by atoms with Gasteiger partial charge < -0.3 is 4.90 Å². The Morgan fingerprint density at radius 2 is 1.69 bits per heavy atom. The first-order chi connectivity index (χ1) is 19.4. The van der Waals surface area contributed by atoms with Crippen LogP contribution >= 0.6 is 0 Å². The largest absolute Gasteiger partial charge is 0.495 e. The van der Waals surface area contributed by atoms with E-state index in [-0.39, 0.29) is 25.3 Å². The minimum Gasteiger partial charge on any atom is -0.312 e. The van der Waals surface area contributed by atoms with Gasteiger partial charge >= 0.3 is 24.6 Å². The van der Waals surface area contributed by atoms with Crippen molar-refractivity contribution in [2.24, 2.45) is 5.92 Å². The summed E-state index contributed by atoms with van der Waals surface area (Å²) in [5.41, 5.74) is 0.183. The topological polar surface area (TPSA) is 97.5 Å². The highest BCUT2D eigenvalue weighted by atomic mass is 32.2. The lowest BCUT2D eigenvalue weighted by molar-refractivity contribution is -0.872. The summed E-state index contributed by atoms with van der Waals surface area (Å²) in [6.45, 7) is 2.94. The van der Waals surface area contributed by atoms with Crippen LogP contribution in [-0.4, -0.2) is 42.7 Å². The molecular formula is C27H24F6N3O5S+. The average molecular weight is 617 g/mol. The van der Waals surface area contributed by atoms with E-state index >= 15 is 0 Å². The Hall–Kier alpha value is -4.01. The maximum absolute atomic E-state index is 13.4. The Balaban J connectivity index is 1.48. The summed E-state index contributed by atoms with van der Waals surface area (Å²) < 4.78 is 103. The Morgan fingerprint density at radius 3 is 2.29 bits per heavy atom. The Morgan fingerprint density at radius 1 is 1.02 bits per heavy atom. The quantitative estimate of drug-likeness (QED) is 0.298. The van der Waals surface area contributed by atoms with E-state index in [1.54, 1.807) is 24.3 Å². The molecule has 0 spiro atoms. The lowest BCUT2D eigenvalue weighted by atomic mass is 9.85. The van der Waals surface area contributed by atoms with Gasteiger partial charge in [0.25, 0.3) is 0 Å². The molecular weight excluding hydrogens is 592 g/mol. The highest BCUT2D eigenvalue weighted by Gasteiger charge is 2.46. The zero-order valence-corrected chi connectivity index (χ0v) is 22.9. The molecule has 1 saturated heterocycles. The molecule has 2 heterocycles. The number of hydrogen-bond donors (Lipinski definition) is 0. The second-order valence-electron chi connectivity index (χ2n) is 10.1. The van der Waals surface area contributed by atoms with Crippen molar-refractivity contribution in [3.63, 3.8) is 0 Å². The Bertz CT molecular complexity index is 1610. The van der Waals surface area contributed by atoms with Gasteiger partial charge in [-0.2, -0.15) is 26.3 Å². The van der Waals surface area contributed by atoms with Gasteiger partial charge in [-0.25, -0.2) is 18.0 Å². The van der Waals surface area contributed by atoms with Gasteiger partial charge in [-0.3, -0.25) is 4.79 Å². The Kier molecular flexibility index (Phi) is 8.10. The van der Waals surface area contributed by atoms with E-state index in [2.05, 4.69) is 9.82 Å². The van der Waals surface area contributed by atoms with E-state index in [1.165, 1.54) is 24.9 Å². The number of anilines is 1. The predicted octanol–water partition coefficient (Wildman–Crippen LogP) is 4.57. The monoisotopic (exact) mass is 616 g/mol. The van der Waals surface area contributed by atoms with Crippen LogP contribution in [0.1, 0.15) is 32.3 Å². The van der Waals surface area contributed by atoms with Gasteiger partial charge in [0.2, 0.25) is 5.91 Å². The lowest BCUT2D eigenvalue weighted by Gasteiger charge is -2.39. The molecule has 1 aliphatic heterocycles. The highest BCUT2D eigenvalue weighted by Crippen LogP contribution is 2.40. The summed E-state index contributed by atoms with van der Waals surface area (Å²) in [5.74, 6) is -3.48. The summed E-state index contributed by atoms with van der Waals surface area (Å²) >= 11 is 0. The van der Waals surface area contributed by atoms with E-state index in [4.69, 9.17) is 0 Å². The normalized spacial score (nSPS) is 16.8. The number of amides is 1. The average Bonchev–Trinajstić information content (AvgIpc) is 2.92. The first-order valence-electron chi connectivity index (χ1n) is 12.4. The zero-order chi connectivity index (χ0) is 31.1. The fourth-order valence-corrected chi connectivity index (χ4v) is 6.41. The maximum atomic E-state index is 13.4. The van der Waals surface area contributed by atoms with Gasteiger partial charge in [-0.1, -0.05) is 23.2 Å².